The molecule has 0 aliphatic carbocycles. The van der Waals surface area contributed by atoms with Crippen molar-refractivity contribution in [2.24, 2.45) is 7.05 Å². The van der Waals surface area contributed by atoms with Gasteiger partial charge in [0.05, 0.1) is 11.1 Å². The van der Waals surface area contributed by atoms with Gasteiger partial charge in [-0.05, 0) is 18.9 Å². The van der Waals surface area contributed by atoms with E-state index in [4.69, 9.17) is 4.74 Å². The summed E-state index contributed by atoms with van der Waals surface area (Å²) in [6, 6.07) is 7.77. The topological polar surface area (TPSA) is 56.2 Å². The van der Waals surface area contributed by atoms with Gasteiger partial charge in [-0.2, -0.15) is 5.10 Å². The molecular weight excluding hydrogens is 334 g/mol. The second-order valence-corrected chi connectivity index (χ2v) is 6.03. The highest BCUT2D eigenvalue weighted by atomic mass is 79.9. The number of fused-ring (bicyclic) bond motifs is 1. The molecule has 3 rings (SSSR count). The van der Waals surface area contributed by atoms with Gasteiger partial charge in [-0.15, -0.1) is 0 Å². The quantitative estimate of drug-likeness (QED) is 0.862. The zero-order valence-electron chi connectivity index (χ0n) is 11.9. The summed E-state index contributed by atoms with van der Waals surface area (Å²) >= 11 is 3.53. The van der Waals surface area contributed by atoms with Crippen molar-refractivity contribution in [2.75, 3.05) is 18.5 Å². The number of rotatable bonds is 3. The number of benzene rings is 1. The van der Waals surface area contributed by atoms with Crippen molar-refractivity contribution in [3.05, 3.63) is 30.0 Å². The van der Waals surface area contributed by atoms with Crippen molar-refractivity contribution in [1.82, 2.24) is 15.1 Å². The Bertz CT molecular complexity index is 662. The normalized spacial score (nSPS) is 17.8. The summed E-state index contributed by atoms with van der Waals surface area (Å²) in [6.45, 7) is 1.35. The van der Waals surface area contributed by atoms with Gasteiger partial charge in [0.15, 0.2) is 5.69 Å². The maximum atomic E-state index is 12.7. The van der Waals surface area contributed by atoms with E-state index in [2.05, 4.69) is 26.3 Å². The molecule has 6 heteroatoms. The van der Waals surface area contributed by atoms with E-state index >= 15 is 0 Å². The zero-order valence-corrected chi connectivity index (χ0v) is 13.5. The van der Waals surface area contributed by atoms with Gasteiger partial charge < -0.3 is 10.1 Å². The lowest BCUT2D eigenvalue weighted by Crippen LogP contribution is -2.53. The smallest absolute Gasteiger partial charge is 0.272 e. The minimum Gasteiger partial charge on any atom is -0.381 e. The summed E-state index contributed by atoms with van der Waals surface area (Å²) in [5, 5.41) is 9.15. The number of para-hydroxylation sites is 1. The van der Waals surface area contributed by atoms with Crippen LogP contribution in [0.3, 0.4) is 0 Å². The van der Waals surface area contributed by atoms with Crippen molar-refractivity contribution < 1.29 is 9.53 Å². The van der Waals surface area contributed by atoms with Crippen LogP contribution in [0, 0.1) is 0 Å². The number of aryl methyl sites for hydroxylation is 1. The van der Waals surface area contributed by atoms with Gasteiger partial charge in [0.25, 0.3) is 5.91 Å². The maximum absolute atomic E-state index is 12.7. The molecule has 0 spiro atoms. The Morgan fingerprint density at radius 2 is 2.14 bits per heavy atom. The van der Waals surface area contributed by atoms with Gasteiger partial charge in [-0.3, -0.25) is 9.48 Å². The highest BCUT2D eigenvalue weighted by Gasteiger charge is 2.34. The second-order valence-electron chi connectivity index (χ2n) is 5.47. The summed E-state index contributed by atoms with van der Waals surface area (Å²) in [6.07, 6.45) is 1.63. The van der Waals surface area contributed by atoms with Crippen molar-refractivity contribution in [3.63, 3.8) is 0 Å². The Morgan fingerprint density at radius 1 is 1.43 bits per heavy atom. The lowest BCUT2D eigenvalue weighted by atomic mass is 9.92. The SMILES string of the molecule is Cn1nc(C(=O)NC2(CBr)CCOCC2)c2ccccc21. The van der Waals surface area contributed by atoms with Crippen molar-refractivity contribution in [3.8, 4) is 0 Å². The highest BCUT2D eigenvalue weighted by Crippen LogP contribution is 2.25. The number of aromatic nitrogens is 2. The summed E-state index contributed by atoms with van der Waals surface area (Å²) in [4.78, 5) is 12.7. The van der Waals surface area contributed by atoms with E-state index in [1.54, 1.807) is 4.68 Å². The first-order chi connectivity index (χ1) is 10.2. The van der Waals surface area contributed by atoms with Crippen molar-refractivity contribution in [2.45, 2.75) is 18.4 Å². The minimum atomic E-state index is -0.242. The van der Waals surface area contributed by atoms with E-state index in [0.717, 1.165) is 29.1 Å². The van der Waals surface area contributed by atoms with Crippen LogP contribution in [0.25, 0.3) is 10.9 Å². The van der Waals surface area contributed by atoms with Crippen molar-refractivity contribution >= 4 is 32.7 Å². The molecule has 2 heterocycles. The molecule has 0 atom stereocenters. The van der Waals surface area contributed by atoms with E-state index < -0.39 is 0 Å². The van der Waals surface area contributed by atoms with Crippen LogP contribution in [-0.2, 0) is 11.8 Å². The number of hydrogen-bond donors (Lipinski definition) is 1. The number of amides is 1. The van der Waals surface area contributed by atoms with Crippen LogP contribution in [0.1, 0.15) is 23.3 Å². The first-order valence-corrected chi connectivity index (χ1v) is 8.15. The Kier molecular flexibility index (Phi) is 3.99. The molecule has 1 aliphatic rings. The van der Waals surface area contributed by atoms with E-state index in [1.807, 2.05) is 31.3 Å². The van der Waals surface area contributed by atoms with Gasteiger partial charge in [-0.25, -0.2) is 0 Å². The van der Waals surface area contributed by atoms with Gasteiger partial charge in [0.2, 0.25) is 0 Å². The Labute approximate surface area is 131 Å². The van der Waals surface area contributed by atoms with Crippen molar-refractivity contribution in [1.29, 1.82) is 0 Å². The first-order valence-electron chi connectivity index (χ1n) is 7.03. The summed E-state index contributed by atoms with van der Waals surface area (Å²) in [5.41, 5.74) is 1.20. The predicted octanol–water partition coefficient (Wildman–Crippen LogP) is 2.25. The van der Waals surface area contributed by atoms with Crippen LogP contribution < -0.4 is 5.32 Å². The molecule has 0 radical (unpaired) electrons. The molecule has 1 N–H and O–H groups in total. The number of alkyl halides is 1. The number of ether oxygens (including phenoxy) is 1. The highest BCUT2D eigenvalue weighted by molar-refractivity contribution is 9.09. The molecule has 1 aromatic heterocycles. The fraction of sp³-hybridized carbons (Fsp3) is 0.467. The molecular formula is C15H18BrN3O2. The average molecular weight is 352 g/mol. The van der Waals surface area contributed by atoms with Gasteiger partial charge in [0.1, 0.15) is 0 Å². The largest absolute Gasteiger partial charge is 0.381 e. The van der Waals surface area contributed by atoms with Crippen LogP contribution >= 0.6 is 15.9 Å². The number of carbonyl (C=O) groups is 1. The Balaban J connectivity index is 1.90. The van der Waals surface area contributed by atoms with Crippen LogP contribution in [0.2, 0.25) is 0 Å². The fourth-order valence-electron chi connectivity index (χ4n) is 2.74. The second kappa shape index (κ2) is 5.77. The first kappa shape index (κ1) is 14.5. The average Bonchev–Trinajstić information content (AvgIpc) is 2.86. The number of hydrogen-bond acceptors (Lipinski definition) is 3. The minimum absolute atomic E-state index is 0.117. The van der Waals surface area contributed by atoms with Crippen LogP contribution in [0.15, 0.2) is 24.3 Å². The third kappa shape index (κ3) is 2.70. The lowest BCUT2D eigenvalue weighted by molar-refractivity contribution is 0.0440. The summed E-state index contributed by atoms with van der Waals surface area (Å²) in [5.74, 6) is -0.117. The molecule has 1 aliphatic heterocycles. The summed E-state index contributed by atoms with van der Waals surface area (Å²) < 4.78 is 7.14. The van der Waals surface area contributed by atoms with Crippen LogP contribution in [0.5, 0.6) is 0 Å². The monoisotopic (exact) mass is 351 g/mol. The zero-order chi connectivity index (χ0) is 14.9. The van der Waals surface area contributed by atoms with Gasteiger partial charge in [-0.1, -0.05) is 34.1 Å². The number of halogens is 1. The van der Waals surface area contributed by atoms with Gasteiger partial charge >= 0.3 is 0 Å². The Hall–Kier alpha value is -1.40. The molecule has 21 heavy (non-hydrogen) atoms. The number of carbonyl (C=O) groups excluding carboxylic acids is 1. The lowest BCUT2D eigenvalue weighted by Gasteiger charge is -2.36. The van der Waals surface area contributed by atoms with Crippen LogP contribution in [0.4, 0.5) is 0 Å². The van der Waals surface area contributed by atoms with Gasteiger partial charge in [0, 0.05) is 31.0 Å². The van der Waals surface area contributed by atoms with Crippen LogP contribution in [-0.4, -0.2) is 39.8 Å². The van der Waals surface area contributed by atoms with E-state index in [1.165, 1.54) is 0 Å². The third-order valence-corrected chi connectivity index (χ3v) is 5.13. The molecule has 1 fully saturated rings. The summed E-state index contributed by atoms with van der Waals surface area (Å²) in [7, 11) is 1.85. The Morgan fingerprint density at radius 3 is 2.86 bits per heavy atom. The molecule has 1 saturated heterocycles. The predicted molar refractivity (Wildman–Crippen MR) is 84.8 cm³/mol. The number of nitrogens with one attached hydrogen (secondary N) is 1. The maximum Gasteiger partial charge on any atom is 0.272 e. The van der Waals surface area contributed by atoms with E-state index in [-0.39, 0.29) is 11.4 Å². The number of nitrogens with zero attached hydrogens (tertiary/aromatic N) is 2. The van der Waals surface area contributed by atoms with E-state index in [9.17, 15) is 4.79 Å². The molecule has 2 aromatic rings. The molecule has 112 valence electrons. The molecule has 0 bridgehead atoms. The molecule has 0 unspecified atom stereocenters. The molecule has 1 amide bonds. The fourth-order valence-corrected chi connectivity index (χ4v) is 3.44. The van der Waals surface area contributed by atoms with E-state index in [0.29, 0.717) is 18.9 Å². The third-order valence-electron chi connectivity index (χ3n) is 4.06. The molecule has 0 saturated carbocycles. The standard InChI is InChI=1S/C15H18BrN3O2/c1-19-12-5-3-2-4-11(12)13(18-19)14(20)17-15(10-16)6-8-21-9-7-15/h2-5H,6-10H2,1H3,(H,17,20). The molecule has 1 aromatic carbocycles. The molecule has 5 nitrogen and oxygen atoms in total.